The molecular weight excluding hydrogens is 463 g/mol. The van der Waals surface area contributed by atoms with Crippen LogP contribution in [0, 0.1) is 20.2 Å². The topological polar surface area (TPSA) is 150 Å². The number of alkyl halides is 2. The van der Waals surface area contributed by atoms with Gasteiger partial charge in [-0.2, -0.15) is 8.42 Å². The van der Waals surface area contributed by atoms with Crippen molar-refractivity contribution in [3.05, 3.63) is 78.9 Å². The van der Waals surface area contributed by atoms with Crippen LogP contribution in [0.3, 0.4) is 0 Å². The van der Waals surface area contributed by atoms with Gasteiger partial charge in [-0.05, 0) is 22.3 Å². The van der Waals surface area contributed by atoms with Crippen LogP contribution in [0.4, 0.5) is 11.4 Å². The van der Waals surface area contributed by atoms with Gasteiger partial charge in [-0.3, -0.25) is 24.4 Å². The second kappa shape index (κ2) is 11.8. The van der Waals surface area contributed by atoms with E-state index in [9.17, 15) is 28.6 Å². The zero-order valence-corrected chi connectivity index (χ0v) is 18.0. The molecule has 0 amide bonds. The second-order valence-electron chi connectivity index (χ2n) is 5.92. The molecule has 164 valence electrons. The maximum Gasteiger partial charge on any atom is 0.270 e. The van der Waals surface area contributed by atoms with E-state index in [1.165, 1.54) is 24.3 Å². The first kappa shape index (κ1) is 25.7. The van der Waals surface area contributed by atoms with Gasteiger partial charge >= 0.3 is 0 Å². The SMILES string of the molecule is CS(=O)(=O)OCc1cc(CCl)cc([N+](=O)[O-])c1.O=[N+]([O-])c1cc(CO)cc(CCl)c1. The van der Waals surface area contributed by atoms with E-state index in [1.807, 2.05) is 0 Å². The first-order chi connectivity index (χ1) is 14.0. The van der Waals surface area contributed by atoms with E-state index in [0.29, 0.717) is 22.3 Å². The number of benzene rings is 2. The molecule has 0 bridgehead atoms. The van der Waals surface area contributed by atoms with Gasteiger partial charge in [0, 0.05) is 36.0 Å². The third-order valence-corrected chi connectivity index (χ3v) is 4.59. The van der Waals surface area contributed by atoms with Crippen molar-refractivity contribution in [3.63, 3.8) is 0 Å². The number of nitro benzene ring substituents is 2. The quantitative estimate of drug-likeness (QED) is 0.260. The molecule has 0 radical (unpaired) electrons. The van der Waals surface area contributed by atoms with Crippen LogP contribution in [0.15, 0.2) is 36.4 Å². The number of non-ortho nitro benzene ring substituents is 2. The fraction of sp³-hybridized carbons (Fsp3) is 0.294. The average Bonchev–Trinajstić information content (AvgIpc) is 2.71. The fourth-order valence-corrected chi connectivity index (χ4v) is 2.86. The Morgan fingerprint density at radius 1 is 0.867 bits per heavy atom. The zero-order chi connectivity index (χ0) is 22.9. The number of aliphatic hydroxyl groups excluding tert-OH is 1. The summed E-state index contributed by atoms with van der Waals surface area (Å²) in [4.78, 5) is 20.0. The van der Waals surface area contributed by atoms with E-state index in [2.05, 4.69) is 4.18 Å². The van der Waals surface area contributed by atoms with Crippen molar-refractivity contribution < 1.29 is 27.6 Å². The second-order valence-corrected chi connectivity index (χ2v) is 8.10. The van der Waals surface area contributed by atoms with Gasteiger partial charge in [0.25, 0.3) is 21.5 Å². The molecule has 0 spiro atoms. The molecule has 10 nitrogen and oxygen atoms in total. The number of nitro groups is 2. The Balaban J connectivity index is 0.000000311. The van der Waals surface area contributed by atoms with Crippen molar-refractivity contribution in [3.8, 4) is 0 Å². The monoisotopic (exact) mass is 480 g/mol. The summed E-state index contributed by atoms with van der Waals surface area (Å²) in [6.07, 6.45) is 0.910. The van der Waals surface area contributed by atoms with Crippen LogP contribution in [0.2, 0.25) is 0 Å². The van der Waals surface area contributed by atoms with E-state index in [1.54, 1.807) is 12.1 Å². The third kappa shape index (κ3) is 9.01. The van der Waals surface area contributed by atoms with E-state index < -0.39 is 20.0 Å². The van der Waals surface area contributed by atoms with Gasteiger partial charge in [0.1, 0.15) is 0 Å². The predicted octanol–water partition coefficient (Wildman–Crippen LogP) is 3.64. The van der Waals surface area contributed by atoms with Crippen LogP contribution in [0.25, 0.3) is 0 Å². The van der Waals surface area contributed by atoms with E-state index in [4.69, 9.17) is 28.3 Å². The van der Waals surface area contributed by atoms with Crippen LogP contribution in [-0.2, 0) is 39.3 Å². The third-order valence-electron chi connectivity index (χ3n) is 3.43. The molecule has 2 aromatic carbocycles. The fourth-order valence-electron chi connectivity index (χ4n) is 2.20. The summed E-state index contributed by atoms with van der Waals surface area (Å²) < 4.78 is 26.1. The number of halogens is 2. The molecule has 0 aliphatic rings. The lowest BCUT2D eigenvalue weighted by Gasteiger charge is -2.04. The molecule has 0 saturated heterocycles. The van der Waals surface area contributed by atoms with Crippen molar-refractivity contribution in [1.82, 2.24) is 0 Å². The van der Waals surface area contributed by atoms with Crippen molar-refractivity contribution in [2.45, 2.75) is 25.0 Å². The first-order valence-corrected chi connectivity index (χ1v) is 11.0. The van der Waals surface area contributed by atoms with Crippen molar-refractivity contribution >= 4 is 44.7 Å². The summed E-state index contributed by atoms with van der Waals surface area (Å²) in [6.45, 7) is -0.462. The number of hydrogen-bond acceptors (Lipinski definition) is 8. The number of nitrogens with zero attached hydrogens (tertiary/aromatic N) is 2. The molecule has 0 saturated carbocycles. The van der Waals surface area contributed by atoms with Gasteiger partial charge in [-0.15, -0.1) is 23.2 Å². The Labute approximate surface area is 182 Å². The zero-order valence-electron chi connectivity index (χ0n) is 15.7. The molecule has 13 heteroatoms. The lowest BCUT2D eigenvalue weighted by atomic mass is 10.1. The number of aliphatic hydroxyl groups is 1. The van der Waals surface area contributed by atoms with Gasteiger partial charge < -0.3 is 5.11 Å². The summed E-state index contributed by atoms with van der Waals surface area (Å²) in [5, 5.41) is 29.8. The van der Waals surface area contributed by atoms with Crippen LogP contribution >= 0.6 is 23.2 Å². The summed E-state index contributed by atoms with van der Waals surface area (Å²) in [5.41, 5.74) is 1.88. The Morgan fingerprint density at radius 3 is 1.63 bits per heavy atom. The standard InChI is InChI=1S/C9H10ClNO5S.C8H8ClNO3/c1-17(14,15)16-6-8-2-7(5-10)3-9(4-8)11(12)13;9-4-6-1-7(5-11)3-8(2-6)10(12)13/h2-4H,5-6H2,1H3;1-3,11H,4-5H2. The maximum absolute atomic E-state index is 10.8. The molecule has 0 heterocycles. The normalized spacial score (nSPS) is 10.8. The minimum atomic E-state index is -3.58. The summed E-state index contributed by atoms with van der Waals surface area (Å²) in [7, 11) is -3.58. The molecular formula is C17H18Cl2N2O8S. The lowest BCUT2D eigenvalue weighted by Crippen LogP contribution is -2.03. The van der Waals surface area contributed by atoms with Crippen LogP contribution in [-0.4, -0.2) is 29.6 Å². The predicted molar refractivity (Wildman–Crippen MR) is 111 cm³/mol. The Morgan fingerprint density at radius 2 is 1.27 bits per heavy atom. The van der Waals surface area contributed by atoms with Gasteiger partial charge in [0.05, 0.1) is 29.3 Å². The number of rotatable bonds is 8. The molecule has 2 aromatic rings. The molecule has 0 aliphatic heterocycles. The molecule has 30 heavy (non-hydrogen) atoms. The highest BCUT2D eigenvalue weighted by atomic mass is 35.5. The van der Waals surface area contributed by atoms with E-state index in [0.717, 1.165) is 6.26 Å². The van der Waals surface area contributed by atoms with Crippen LogP contribution < -0.4 is 0 Å². The largest absolute Gasteiger partial charge is 0.392 e. The summed E-state index contributed by atoms with van der Waals surface area (Å²) in [6, 6.07) is 8.51. The summed E-state index contributed by atoms with van der Waals surface area (Å²) in [5.74, 6) is 0.308. The number of hydrogen-bond donors (Lipinski definition) is 1. The smallest absolute Gasteiger partial charge is 0.270 e. The maximum atomic E-state index is 10.8. The lowest BCUT2D eigenvalue weighted by molar-refractivity contribution is -0.385. The minimum Gasteiger partial charge on any atom is -0.392 e. The van der Waals surface area contributed by atoms with Gasteiger partial charge in [-0.25, -0.2) is 0 Å². The molecule has 0 aromatic heterocycles. The highest BCUT2D eigenvalue weighted by Crippen LogP contribution is 2.20. The van der Waals surface area contributed by atoms with Gasteiger partial charge in [0.15, 0.2) is 0 Å². The van der Waals surface area contributed by atoms with Crippen LogP contribution in [0.5, 0.6) is 0 Å². The Hall–Kier alpha value is -2.31. The molecule has 0 unspecified atom stereocenters. The Kier molecular flexibility index (Phi) is 10.1. The Bertz CT molecular complexity index is 993. The van der Waals surface area contributed by atoms with Gasteiger partial charge in [0.2, 0.25) is 0 Å². The summed E-state index contributed by atoms with van der Waals surface area (Å²) >= 11 is 11.1. The molecule has 2 rings (SSSR count). The van der Waals surface area contributed by atoms with E-state index >= 15 is 0 Å². The van der Waals surface area contributed by atoms with Crippen molar-refractivity contribution in [2.75, 3.05) is 6.26 Å². The average molecular weight is 481 g/mol. The van der Waals surface area contributed by atoms with Crippen LogP contribution in [0.1, 0.15) is 22.3 Å². The minimum absolute atomic E-state index is 0.0396. The molecule has 0 aliphatic carbocycles. The van der Waals surface area contributed by atoms with E-state index in [-0.39, 0.29) is 36.3 Å². The van der Waals surface area contributed by atoms with Crippen molar-refractivity contribution in [2.24, 2.45) is 0 Å². The highest BCUT2D eigenvalue weighted by Gasteiger charge is 2.11. The van der Waals surface area contributed by atoms with Crippen molar-refractivity contribution in [1.29, 1.82) is 0 Å². The molecule has 1 N–H and O–H groups in total. The van der Waals surface area contributed by atoms with Gasteiger partial charge in [-0.1, -0.05) is 12.1 Å². The molecule has 0 fully saturated rings. The highest BCUT2D eigenvalue weighted by molar-refractivity contribution is 7.85. The molecule has 0 atom stereocenters. The first-order valence-electron chi connectivity index (χ1n) is 8.10.